The number of fused-ring (bicyclic) bond motifs is 1. The SMILES string of the molecule is Nc1c(F)ccc2[nH]ccc12. The van der Waals surface area contributed by atoms with Crippen LogP contribution >= 0.6 is 0 Å². The maximum Gasteiger partial charge on any atom is 0.146 e. The molecular formula is C8H7FN2. The molecule has 0 aliphatic carbocycles. The number of nitrogen functional groups attached to an aromatic ring is 1. The second-order valence-electron chi connectivity index (χ2n) is 2.40. The van der Waals surface area contributed by atoms with Crippen LogP contribution in [0.15, 0.2) is 24.4 Å². The van der Waals surface area contributed by atoms with E-state index in [0.717, 1.165) is 10.9 Å². The normalized spacial score (nSPS) is 10.6. The quantitative estimate of drug-likeness (QED) is 0.553. The highest BCUT2D eigenvalue weighted by atomic mass is 19.1. The van der Waals surface area contributed by atoms with Crippen molar-refractivity contribution in [2.75, 3.05) is 5.73 Å². The van der Waals surface area contributed by atoms with Gasteiger partial charge in [-0.25, -0.2) is 4.39 Å². The van der Waals surface area contributed by atoms with E-state index in [-0.39, 0.29) is 11.5 Å². The van der Waals surface area contributed by atoms with Crippen molar-refractivity contribution in [1.29, 1.82) is 0 Å². The standard InChI is InChI=1S/C8H7FN2/c9-6-1-2-7-5(8(6)10)3-4-11-7/h1-4,11H,10H2. The number of aromatic amines is 1. The Kier molecular flexibility index (Phi) is 1.12. The molecule has 1 aromatic carbocycles. The van der Waals surface area contributed by atoms with Crippen molar-refractivity contribution in [3.8, 4) is 0 Å². The molecule has 0 aliphatic heterocycles. The summed E-state index contributed by atoms with van der Waals surface area (Å²) >= 11 is 0. The van der Waals surface area contributed by atoms with Gasteiger partial charge in [0.2, 0.25) is 0 Å². The van der Waals surface area contributed by atoms with Crippen LogP contribution in [0, 0.1) is 5.82 Å². The number of hydrogen-bond acceptors (Lipinski definition) is 1. The molecule has 56 valence electrons. The van der Waals surface area contributed by atoms with Gasteiger partial charge >= 0.3 is 0 Å². The average molecular weight is 150 g/mol. The second kappa shape index (κ2) is 1.99. The second-order valence-corrected chi connectivity index (χ2v) is 2.40. The molecule has 0 saturated heterocycles. The predicted molar refractivity (Wildman–Crippen MR) is 42.7 cm³/mol. The maximum absolute atomic E-state index is 12.8. The molecule has 0 unspecified atom stereocenters. The lowest BCUT2D eigenvalue weighted by Gasteiger charge is -1.96. The molecule has 0 radical (unpaired) electrons. The third-order valence-electron chi connectivity index (χ3n) is 1.72. The first kappa shape index (κ1) is 6.22. The molecule has 3 heteroatoms. The lowest BCUT2D eigenvalue weighted by atomic mass is 10.2. The van der Waals surface area contributed by atoms with E-state index < -0.39 is 0 Å². The summed E-state index contributed by atoms with van der Waals surface area (Å²) in [6, 6.07) is 4.78. The van der Waals surface area contributed by atoms with E-state index in [1.54, 1.807) is 18.3 Å². The van der Waals surface area contributed by atoms with Crippen LogP contribution in [0.2, 0.25) is 0 Å². The Bertz CT molecular complexity index is 392. The Morgan fingerprint density at radius 1 is 1.27 bits per heavy atom. The molecule has 3 N–H and O–H groups in total. The van der Waals surface area contributed by atoms with Crippen molar-refractivity contribution in [1.82, 2.24) is 4.98 Å². The number of nitrogens with one attached hydrogen (secondary N) is 1. The summed E-state index contributed by atoms with van der Waals surface area (Å²) in [5.41, 5.74) is 6.54. The van der Waals surface area contributed by atoms with Crippen molar-refractivity contribution >= 4 is 16.6 Å². The number of aromatic nitrogens is 1. The first-order valence-corrected chi connectivity index (χ1v) is 3.30. The summed E-state index contributed by atoms with van der Waals surface area (Å²) in [5, 5.41) is 0.741. The third kappa shape index (κ3) is 0.774. The molecule has 0 saturated carbocycles. The van der Waals surface area contributed by atoms with E-state index in [2.05, 4.69) is 4.98 Å². The highest BCUT2D eigenvalue weighted by Gasteiger charge is 2.02. The van der Waals surface area contributed by atoms with Gasteiger partial charge in [-0.1, -0.05) is 0 Å². The van der Waals surface area contributed by atoms with Gasteiger partial charge in [-0.2, -0.15) is 0 Å². The first-order valence-electron chi connectivity index (χ1n) is 3.30. The largest absolute Gasteiger partial charge is 0.396 e. The number of anilines is 1. The molecule has 0 spiro atoms. The number of benzene rings is 1. The zero-order valence-corrected chi connectivity index (χ0v) is 5.76. The van der Waals surface area contributed by atoms with Crippen LogP contribution in [0.5, 0.6) is 0 Å². The molecule has 0 fully saturated rings. The maximum atomic E-state index is 12.8. The van der Waals surface area contributed by atoms with Crippen molar-refractivity contribution in [3.05, 3.63) is 30.2 Å². The summed E-state index contributed by atoms with van der Waals surface area (Å²) in [6.45, 7) is 0. The van der Waals surface area contributed by atoms with Crippen LogP contribution in [-0.2, 0) is 0 Å². The zero-order chi connectivity index (χ0) is 7.84. The van der Waals surface area contributed by atoms with Crippen molar-refractivity contribution < 1.29 is 4.39 Å². The minimum Gasteiger partial charge on any atom is -0.396 e. The molecule has 0 atom stereocenters. The highest BCUT2D eigenvalue weighted by molar-refractivity contribution is 5.90. The molecule has 1 aromatic heterocycles. The van der Waals surface area contributed by atoms with Gasteiger partial charge in [0.25, 0.3) is 0 Å². The molecular weight excluding hydrogens is 143 g/mol. The van der Waals surface area contributed by atoms with E-state index in [9.17, 15) is 4.39 Å². The lowest BCUT2D eigenvalue weighted by molar-refractivity contribution is 0.634. The summed E-state index contributed by atoms with van der Waals surface area (Å²) < 4.78 is 12.8. The third-order valence-corrected chi connectivity index (χ3v) is 1.72. The van der Waals surface area contributed by atoms with Crippen LogP contribution in [0.4, 0.5) is 10.1 Å². The number of hydrogen-bond donors (Lipinski definition) is 2. The molecule has 0 bridgehead atoms. The smallest absolute Gasteiger partial charge is 0.146 e. The fraction of sp³-hybridized carbons (Fsp3) is 0. The number of halogens is 1. The fourth-order valence-corrected chi connectivity index (χ4v) is 1.13. The van der Waals surface area contributed by atoms with Crippen LogP contribution in [0.25, 0.3) is 10.9 Å². The Balaban J connectivity index is 2.93. The van der Waals surface area contributed by atoms with Gasteiger partial charge in [-0.05, 0) is 18.2 Å². The van der Waals surface area contributed by atoms with Gasteiger partial charge in [0.1, 0.15) is 5.82 Å². The van der Waals surface area contributed by atoms with Gasteiger partial charge in [-0.3, -0.25) is 0 Å². The van der Waals surface area contributed by atoms with Crippen LogP contribution in [0.3, 0.4) is 0 Å². The lowest BCUT2D eigenvalue weighted by Crippen LogP contribution is -1.89. The van der Waals surface area contributed by atoms with E-state index in [4.69, 9.17) is 5.73 Å². The Labute approximate surface area is 62.8 Å². The summed E-state index contributed by atoms with van der Waals surface area (Å²) in [6.07, 6.45) is 1.74. The van der Waals surface area contributed by atoms with Crippen molar-refractivity contribution in [2.24, 2.45) is 0 Å². The van der Waals surface area contributed by atoms with Crippen LogP contribution in [0.1, 0.15) is 0 Å². The zero-order valence-electron chi connectivity index (χ0n) is 5.76. The molecule has 2 rings (SSSR count). The van der Waals surface area contributed by atoms with E-state index in [0.29, 0.717) is 0 Å². The predicted octanol–water partition coefficient (Wildman–Crippen LogP) is 1.89. The molecule has 0 aliphatic rings. The van der Waals surface area contributed by atoms with Gasteiger partial charge in [-0.15, -0.1) is 0 Å². The van der Waals surface area contributed by atoms with Gasteiger partial charge in [0.05, 0.1) is 5.69 Å². The highest BCUT2D eigenvalue weighted by Crippen LogP contribution is 2.21. The molecule has 11 heavy (non-hydrogen) atoms. The van der Waals surface area contributed by atoms with E-state index in [1.807, 2.05) is 0 Å². The summed E-state index contributed by atoms with van der Waals surface area (Å²) in [7, 11) is 0. The Morgan fingerprint density at radius 3 is 2.91 bits per heavy atom. The molecule has 0 amide bonds. The Hall–Kier alpha value is -1.51. The topological polar surface area (TPSA) is 41.8 Å². The molecule has 1 heterocycles. The molecule has 2 aromatic rings. The van der Waals surface area contributed by atoms with E-state index >= 15 is 0 Å². The monoisotopic (exact) mass is 150 g/mol. The summed E-state index contributed by atoms with van der Waals surface area (Å²) in [5.74, 6) is -0.364. The van der Waals surface area contributed by atoms with Gasteiger partial charge in [0, 0.05) is 17.1 Å². The van der Waals surface area contributed by atoms with E-state index in [1.165, 1.54) is 6.07 Å². The van der Waals surface area contributed by atoms with Crippen LogP contribution in [-0.4, -0.2) is 4.98 Å². The minimum absolute atomic E-state index is 0.212. The molecule has 2 nitrogen and oxygen atoms in total. The number of rotatable bonds is 0. The fourth-order valence-electron chi connectivity index (χ4n) is 1.13. The number of H-pyrrole nitrogens is 1. The average Bonchev–Trinajstić information content (AvgIpc) is 2.45. The summed E-state index contributed by atoms with van der Waals surface area (Å²) in [4.78, 5) is 2.94. The van der Waals surface area contributed by atoms with Crippen molar-refractivity contribution in [2.45, 2.75) is 0 Å². The van der Waals surface area contributed by atoms with Crippen LogP contribution < -0.4 is 5.73 Å². The number of nitrogens with two attached hydrogens (primary N) is 1. The van der Waals surface area contributed by atoms with Gasteiger partial charge < -0.3 is 10.7 Å². The minimum atomic E-state index is -0.364. The van der Waals surface area contributed by atoms with Crippen molar-refractivity contribution in [3.63, 3.8) is 0 Å². The van der Waals surface area contributed by atoms with Gasteiger partial charge in [0.15, 0.2) is 0 Å². The Morgan fingerprint density at radius 2 is 2.09 bits per heavy atom. The first-order chi connectivity index (χ1) is 5.29.